The lowest BCUT2D eigenvalue weighted by atomic mass is 10.1. The Bertz CT molecular complexity index is 1120. The number of amides is 1. The fraction of sp³-hybridized carbons (Fsp3) is 0.0588. The van der Waals surface area contributed by atoms with Gasteiger partial charge in [0.05, 0.1) is 16.6 Å². The number of halogens is 3. The maximum Gasteiger partial charge on any atom is 0.366 e. The summed E-state index contributed by atoms with van der Waals surface area (Å²) < 4.78 is 44.4. The second-order valence-electron chi connectivity index (χ2n) is 5.32. The minimum atomic E-state index is -1.84. The van der Waals surface area contributed by atoms with Crippen molar-refractivity contribution < 1.29 is 27.3 Å². The average molecular weight is 362 g/mol. The largest absolute Gasteiger partial charge is 0.366 e. The average Bonchev–Trinajstić information content (AvgIpc) is 2.62. The molecule has 0 spiro atoms. The molecule has 1 N–H and O–H groups in total. The zero-order chi connectivity index (χ0) is 19.0. The molecule has 3 aromatic rings. The van der Waals surface area contributed by atoms with E-state index < -0.39 is 40.3 Å². The molecule has 3 rings (SSSR count). The lowest BCUT2D eigenvalue weighted by Gasteiger charge is -2.07. The maximum absolute atomic E-state index is 13.6. The summed E-state index contributed by atoms with van der Waals surface area (Å²) in [6, 6.07) is 5.28. The van der Waals surface area contributed by atoms with Crippen LogP contribution in [0.5, 0.6) is 0 Å². The number of fused-ring (bicyclic) bond motifs is 1. The monoisotopic (exact) mass is 362 g/mol. The van der Waals surface area contributed by atoms with Crippen molar-refractivity contribution in [3.63, 3.8) is 0 Å². The molecule has 1 heterocycles. The summed E-state index contributed by atoms with van der Waals surface area (Å²) in [4.78, 5) is 35.6. The maximum atomic E-state index is 13.6. The number of nitrogens with zero attached hydrogens (tertiary/aromatic N) is 1. The molecule has 0 aliphatic carbocycles. The highest BCUT2D eigenvalue weighted by molar-refractivity contribution is 6.46. The highest BCUT2D eigenvalue weighted by Crippen LogP contribution is 2.20. The van der Waals surface area contributed by atoms with E-state index in [1.165, 1.54) is 18.2 Å². The van der Waals surface area contributed by atoms with Crippen LogP contribution in [0.25, 0.3) is 10.8 Å². The van der Waals surface area contributed by atoms with Gasteiger partial charge in [-0.25, -0.2) is 18.0 Å². The fourth-order valence-corrected chi connectivity index (χ4v) is 2.32. The second kappa shape index (κ2) is 6.43. The van der Waals surface area contributed by atoms with Crippen LogP contribution in [-0.2, 0) is 4.79 Å². The van der Waals surface area contributed by atoms with Crippen LogP contribution < -0.4 is 10.9 Å². The van der Waals surface area contributed by atoms with Gasteiger partial charge in [0.25, 0.3) is 11.7 Å². The number of anilines is 1. The Morgan fingerprint density at radius 2 is 1.77 bits per heavy atom. The standard InChI is InChI=1S/C17H9F3N2O4/c1-7-11-6-8(2-3-9(11)17(25)26-22-7)21-16(24)15(23)10-4-5-12(18)14(20)13(10)19/h2-6H,1H3,(H,21,24). The van der Waals surface area contributed by atoms with Gasteiger partial charge in [0.15, 0.2) is 17.5 Å². The third-order valence-corrected chi connectivity index (χ3v) is 3.64. The molecule has 0 radical (unpaired) electrons. The topological polar surface area (TPSA) is 89.3 Å². The lowest BCUT2D eigenvalue weighted by Crippen LogP contribution is -2.24. The molecule has 0 bridgehead atoms. The molecule has 0 unspecified atom stereocenters. The molecule has 0 saturated carbocycles. The van der Waals surface area contributed by atoms with Crippen LogP contribution in [0.15, 0.2) is 39.6 Å². The lowest BCUT2D eigenvalue weighted by molar-refractivity contribution is -0.112. The van der Waals surface area contributed by atoms with Crippen molar-refractivity contribution in [2.24, 2.45) is 0 Å². The molecule has 0 saturated heterocycles. The van der Waals surface area contributed by atoms with Gasteiger partial charge < -0.3 is 9.84 Å². The van der Waals surface area contributed by atoms with Gasteiger partial charge in [0, 0.05) is 11.1 Å². The highest BCUT2D eigenvalue weighted by Gasteiger charge is 2.24. The molecule has 0 fully saturated rings. The number of benzene rings is 2. The number of carbonyl (C=O) groups is 2. The summed E-state index contributed by atoms with van der Waals surface area (Å²) in [6.07, 6.45) is 0. The van der Waals surface area contributed by atoms with E-state index in [0.717, 1.165) is 0 Å². The van der Waals surface area contributed by atoms with E-state index in [1.807, 2.05) is 0 Å². The number of nitrogens with one attached hydrogen (secondary N) is 1. The van der Waals surface area contributed by atoms with Crippen LogP contribution in [0.2, 0.25) is 0 Å². The first-order valence-electron chi connectivity index (χ1n) is 7.19. The molecule has 132 valence electrons. The molecule has 6 nitrogen and oxygen atoms in total. The van der Waals surface area contributed by atoms with Crippen molar-refractivity contribution in [2.75, 3.05) is 5.32 Å². The number of rotatable bonds is 3. The molecule has 0 aliphatic rings. The van der Waals surface area contributed by atoms with Gasteiger partial charge in [0.1, 0.15) is 0 Å². The van der Waals surface area contributed by atoms with E-state index in [2.05, 4.69) is 15.0 Å². The van der Waals surface area contributed by atoms with Crippen LogP contribution >= 0.6 is 0 Å². The van der Waals surface area contributed by atoms with Crippen LogP contribution in [-0.4, -0.2) is 16.8 Å². The van der Waals surface area contributed by atoms with Gasteiger partial charge in [-0.3, -0.25) is 9.59 Å². The van der Waals surface area contributed by atoms with Crippen LogP contribution in [0.3, 0.4) is 0 Å². The Hall–Kier alpha value is -3.49. The summed E-state index contributed by atoms with van der Waals surface area (Å²) in [5.74, 6) is -7.72. The zero-order valence-corrected chi connectivity index (χ0v) is 13.1. The number of hydrogen-bond donors (Lipinski definition) is 1. The van der Waals surface area contributed by atoms with Crippen LogP contribution in [0.1, 0.15) is 16.1 Å². The number of carbonyl (C=O) groups excluding carboxylic acids is 2. The molecule has 1 aromatic heterocycles. The Labute approximate surface area is 143 Å². The second-order valence-corrected chi connectivity index (χ2v) is 5.32. The number of Topliss-reactive ketones (excluding diaryl/α,β-unsaturated/α-hetero) is 1. The molecule has 0 aliphatic heterocycles. The smallest absolute Gasteiger partial charge is 0.319 e. The molecular formula is C17H9F3N2O4. The minimum absolute atomic E-state index is 0.120. The van der Waals surface area contributed by atoms with E-state index in [-0.39, 0.29) is 11.1 Å². The summed E-state index contributed by atoms with van der Waals surface area (Å²) in [6.45, 7) is 1.57. The molecule has 2 aromatic carbocycles. The Balaban J connectivity index is 1.92. The van der Waals surface area contributed by atoms with E-state index in [0.29, 0.717) is 23.2 Å². The predicted molar refractivity (Wildman–Crippen MR) is 84.3 cm³/mol. The van der Waals surface area contributed by atoms with Crippen molar-refractivity contribution >= 4 is 28.2 Å². The first-order valence-corrected chi connectivity index (χ1v) is 7.19. The summed E-state index contributed by atoms with van der Waals surface area (Å²) >= 11 is 0. The third-order valence-electron chi connectivity index (χ3n) is 3.64. The molecule has 26 heavy (non-hydrogen) atoms. The first kappa shape index (κ1) is 17.3. The molecule has 0 atom stereocenters. The summed E-state index contributed by atoms with van der Waals surface area (Å²) in [5, 5.41) is 6.35. The molecule has 1 amide bonds. The number of aryl methyl sites for hydroxylation is 1. The molecule has 9 heteroatoms. The van der Waals surface area contributed by atoms with E-state index in [1.54, 1.807) is 6.92 Å². The summed E-state index contributed by atoms with van der Waals surface area (Å²) in [7, 11) is 0. The normalized spacial score (nSPS) is 10.8. The Morgan fingerprint density at radius 1 is 1.04 bits per heavy atom. The minimum Gasteiger partial charge on any atom is -0.319 e. The zero-order valence-electron chi connectivity index (χ0n) is 13.1. The van der Waals surface area contributed by atoms with E-state index in [9.17, 15) is 27.6 Å². The van der Waals surface area contributed by atoms with Crippen LogP contribution in [0, 0.1) is 24.4 Å². The van der Waals surface area contributed by atoms with E-state index >= 15 is 0 Å². The SMILES string of the molecule is Cc1noc(=O)c2ccc(NC(=O)C(=O)c3ccc(F)c(F)c3F)cc12. The van der Waals surface area contributed by atoms with Gasteiger partial charge in [-0.2, -0.15) is 0 Å². The Morgan fingerprint density at radius 3 is 2.50 bits per heavy atom. The highest BCUT2D eigenvalue weighted by atomic mass is 19.2. The number of ketones is 1. The summed E-state index contributed by atoms with van der Waals surface area (Å²) in [5.41, 5.74) is -1.09. The van der Waals surface area contributed by atoms with Crippen molar-refractivity contribution in [1.29, 1.82) is 0 Å². The van der Waals surface area contributed by atoms with Crippen molar-refractivity contribution in [3.8, 4) is 0 Å². The number of hydrogen-bond acceptors (Lipinski definition) is 5. The van der Waals surface area contributed by atoms with Gasteiger partial charge in [-0.1, -0.05) is 5.16 Å². The first-order chi connectivity index (χ1) is 12.3. The Kier molecular flexibility index (Phi) is 4.29. The van der Waals surface area contributed by atoms with Crippen molar-refractivity contribution in [3.05, 3.63) is 69.5 Å². The predicted octanol–water partition coefficient (Wildman–Crippen LogP) is 2.74. The molecular weight excluding hydrogens is 353 g/mol. The van der Waals surface area contributed by atoms with Gasteiger partial charge in [-0.05, 0) is 37.3 Å². The fourth-order valence-electron chi connectivity index (χ4n) is 2.32. The number of aromatic nitrogens is 1. The van der Waals surface area contributed by atoms with Gasteiger partial charge >= 0.3 is 5.63 Å². The quantitative estimate of drug-likeness (QED) is 0.440. The van der Waals surface area contributed by atoms with Gasteiger partial charge in [-0.15, -0.1) is 0 Å². The van der Waals surface area contributed by atoms with Gasteiger partial charge in [0.2, 0.25) is 0 Å². The van der Waals surface area contributed by atoms with Crippen molar-refractivity contribution in [2.45, 2.75) is 6.92 Å². The van der Waals surface area contributed by atoms with Crippen molar-refractivity contribution in [1.82, 2.24) is 5.16 Å². The van der Waals surface area contributed by atoms with Crippen LogP contribution in [0.4, 0.5) is 18.9 Å². The third kappa shape index (κ3) is 2.94. The van der Waals surface area contributed by atoms with E-state index in [4.69, 9.17) is 0 Å².